The first kappa shape index (κ1) is 22.8. The molecule has 0 radical (unpaired) electrons. The summed E-state index contributed by atoms with van der Waals surface area (Å²) in [5.41, 5.74) is 3.06. The number of para-hydroxylation sites is 1. The number of pyridine rings is 1. The summed E-state index contributed by atoms with van der Waals surface area (Å²) < 4.78 is 12.5. The highest BCUT2D eigenvalue weighted by atomic mass is 16.5. The Bertz CT molecular complexity index is 1370. The third kappa shape index (κ3) is 4.69. The van der Waals surface area contributed by atoms with Crippen LogP contribution in [0.2, 0.25) is 0 Å². The average molecular weight is 456 g/mol. The van der Waals surface area contributed by atoms with Crippen LogP contribution in [0, 0.1) is 18.3 Å². The molecule has 8 nitrogen and oxygen atoms in total. The van der Waals surface area contributed by atoms with Gasteiger partial charge in [-0.3, -0.25) is 4.79 Å². The number of methoxy groups -OCH3 is 1. The van der Waals surface area contributed by atoms with Gasteiger partial charge in [0.2, 0.25) is 0 Å². The molecule has 0 unspecified atom stereocenters. The van der Waals surface area contributed by atoms with Crippen molar-refractivity contribution < 1.29 is 14.3 Å². The van der Waals surface area contributed by atoms with Crippen LogP contribution in [0.25, 0.3) is 16.7 Å². The molecule has 8 heteroatoms. The predicted molar refractivity (Wildman–Crippen MR) is 129 cm³/mol. The summed E-state index contributed by atoms with van der Waals surface area (Å²) in [5, 5.41) is 17.5. The number of nitrogens with one attached hydrogen (secondary N) is 1. The number of anilines is 1. The van der Waals surface area contributed by atoms with E-state index in [9.17, 15) is 10.1 Å². The number of carbonyl (C=O) groups excluding carboxylic acids is 1. The zero-order valence-corrected chi connectivity index (χ0v) is 19.3. The van der Waals surface area contributed by atoms with E-state index in [1.807, 2.05) is 55.5 Å². The number of hydrogen-bond donors (Lipinski definition) is 1. The van der Waals surface area contributed by atoms with Crippen molar-refractivity contribution in [3.05, 3.63) is 71.4 Å². The molecule has 2 aromatic heterocycles. The van der Waals surface area contributed by atoms with Gasteiger partial charge < -0.3 is 14.8 Å². The molecule has 0 aliphatic rings. The zero-order chi connectivity index (χ0) is 24.1. The van der Waals surface area contributed by atoms with E-state index in [2.05, 4.69) is 23.4 Å². The standard InChI is InChI=1S/C26H25N5O3/c1-4-6-18-9-11-20(12-10-18)34-16-24(32)30-26-19(14-27)15-28-31(26)23-13-17(2)21-7-5-8-22(33-3)25(21)29-23/h5,7-13,15H,4,6,16H2,1-3H3,(H,30,32). The molecule has 2 heterocycles. The van der Waals surface area contributed by atoms with E-state index >= 15 is 0 Å². The monoisotopic (exact) mass is 455 g/mol. The fraction of sp³-hybridized carbons (Fsp3) is 0.231. The first-order valence-corrected chi connectivity index (χ1v) is 11.0. The van der Waals surface area contributed by atoms with Crippen LogP contribution in [-0.4, -0.2) is 34.4 Å². The Morgan fingerprint density at radius 1 is 1.21 bits per heavy atom. The fourth-order valence-electron chi connectivity index (χ4n) is 3.73. The highest BCUT2D eigenvalue weighted by molar-refractivity contribution is 5.93. The average Bonchev–Trinajstić information content (AvgIpc) is 3.25. The highest BCUT2D eigenvalue weighted by Gasteiger charge is 2.18. The van der Waals surface area contributed by atoms with Gasteiger partial charge in [-0.2, -0.15) is 15.0 Å². The van der Waals surface area contributed by atoms with E-state index < -0.39 is 5.91 Å². The Hall–Kier alpha value is -4.38. The molecule has 172 valence electrons. The molecular weight excluding hydrogens is 430 g/mol. The molecule has 0 spiro atoms. The van der Waals surface area contributed by atoms with Crippen LogP contribution in [-0.2, 0) is 11.2 Å². The van der Waals surface area contributed by atoms with E-state index in [-0.39, 0.29) is 18.0 Å². The predicted octanol–water partition coefficient (Wildman–Crippen LogP) is 4.58. The van der Waals surface area contributed by atoms with Crippen LogP contribution in [0.5, 0.6) is 11.5 Å². The summed E-state index contributed by atoms with van der Waals surface area (Å²) in [6.07, 6.45) is 3.46. The van der Waals surface area contributed by atoms with Crippen LogP contribution in [0.1, 0.15) is 30.0 Å². The number of rotatable bonds is 8. The third-order valence-electron chi connectivity index (χ3n) is 5.41. The quantitative estimate of drug-likeness (QED) is 0.417. The number of fused-ring (bicyclic) bond motifs is 1. The number of aromatic nitrogens is 3. The van der Waals surface area contributed by atoms with Crippen molar-refractivity contribution in [2.45, 2.75) is 26.7 Å². The summed E-state index contributed by atoms with van der Waals surface area (Å²) in [7, 11) is 1.59. The molecule has 0 aliphatic carbocycles. The van der Waals surface area contributed by atoms with Gasteiger partial charge in [0.05, 0.1) is 13.3 Å². The number of nitrogens with zero attached hydrogens (tertiary/aromatic N) is 4. The lowest BCUT2D eigenvalue weighted by atomic mass is 10.1. The first-order valence-electron chi connectivity index (χ1n) is 11.0. The minimum atomic E-state index is -0.411. The Balaban J connectivity index is 1.58. The highest BCUT2D eigenvalue weighted by Crippen LogP contribution is 2.29. The fourth-order valence-corrected chi connectivity index (χ4v) is 3.73. The number of aryl methyl sites for hydroxylation is 2. The number of nitriles is 1. The summed E-state index contributed by atoms with van der Waals surface area (Å²) in [6.45, 7) is 3.88. The smallest absolute Gasteiger partial charge is 0.263 e. The van der Waals surface area contributed by atoms with Gasteiger partial charge in [0.25, 0.3) is 5.91 Å². The molecule has 0 saturated heterocycles. The second kappa shape index (κ2) is 10.0. The van der Waals surface area contributed by atoms with Crippen molar-refractivity contribution in [3.8, 4) is 23.4 Å². The van der Waals surface area contributed by atoms with Gasteiger partial charge in [0.15, 0.2) is 18.2 Å². The maximum atomic E-state index is 12.7. The first-order chi connectivity index (χ1) is 16.5. The number of hydrogen-bond acceptors (Lipinski definition) is 6. The Morgan fingerprint density at radius 2 is 2.00 bits per heavy atom. The van der Waals surface area contributed by atoms with Crippen molar-refractivity contribution >= 4 is 22.6 Å². The van der Waals surface area contributed by atoms with E-state index in [1.54, 1.807) is 7.11 Å². The molecule has 0 bridgehead atoms. The molecule has 0 atom stereocenters. The SMILES string of the molecule is CCCc1ccc(OCC(=O)Nc2c(C#N)cnn2-c2cc(C)c3cccc(OC)c3n2)cc1. The van der Waals surface area contributed by atoms with Crippen molar-refractivity contribution in [2.24, 2.45) is 0 Å². The van der Waals surface area contributed by atoms with Crippen molar-refractivity contribution in [3.63, 3.8) is 0 Å². The van der Waals surface area contributed by atoms with E-state index in [0.717, 1.165) is 23.8 Å². The molecular formula is C26H25N5O3. The summed E-state index contributed by atoms with van der Waals surface area (Å²) in [4.78, 5) is 17.4. The maximum Gasteiger partial charge on any atom is 0.263 e. The minimum absolute atomic E-state index is 0.207. The summed E-state index contributed by atoms with van der Waals surface area (Å²) >= 11 is 0. The van der Waals surface area contributed by atoms with Gasteiger partial charge >= 0.3 is 0 Å². The Kier molecular flexibility index (Phi) is 6.74. The zero-order valence-electron chi connectivity index (χ0n) is 19.3. The second-order valence-corrected chi connectivity index (χ2v) is 7.82. The molecule has 0 fully saturated rings. The van der Waals surface area contributed by atoms with Crippen molar-refractivity contribution in [2.75, 3.05) is 19.0 Å². The molecule has 1 amide bonds. The van der Waals surface area contributed by atoms with E-state index in [4.69, 9.17) is 14.5 Å². The molecule has 4 rings (SSSR count). The van der Waals surface area contributed by atoms with Gasteiger partial charge in [-0.1, -0.05) is 37.6 Å². The van der Waals surface area contributed by atoms with Gasteiger partial charge in [0.1, 0.15) is 28.6 Å². The minimum Gasteiger partial charge on any atom is -0.494 e. The molecule has 34 heavy (non-hydrogen) atoms. The second-order valence-electron chi connectivity index (χ2n) is 7.82. The largest absolute Gasteiger partial charge is 0.494 e. The number of benzene rings is 2. The van der Waals surface area contributed by atoms with Crippen molar-refractivity contribution in [1.29, 1.82) is 5.26 Å². The van der Waals surface area contributed by atoms with Crippen LogP contribution < -0.4 is 14.8 Å². The molecule has 0 saturated carbocycles. The van der Waals surface area contributed by atoms with Gasteiger partial charge in [0, 0.05) is 5.39 Å². The van der Waals surface area contributed by atoms with Gasteiger partial charge in [-0.05, 0) is 48.7 Å². The summed E-state index contributed by atoms with van der Waals surface area (Å²) in [6, 6.07) is 17.3. The van der Waals surface area contributed by atoms with Gasteiger partial charge in [-0.15, -0.1) is 0 Å². The van der Waals surface area contributed by atoms with Crippen LogP contribution in [0.15, 0.2) is 54.7 Å². The van der Waals surface area contributed by atoms with Gasteiger partial charge in [-0.25, -0.2) is 4.98 Å². The van der Waals surface area contributed by atoms with Crippen LogP contribution >= 0.6 is 0 Å². The maximum absolute atomic E-state index is 12.7. The number of ether oxygens (including phenoxy) is 2. The Labute approximate surface area is 197 Å². The normalized spacial score (nSPS) is 10.6. The van der Waals surface area contributed by atoms with Crippen LogP contribution in [0.3, 0.4) is 0 Å². The van der Waals surface area contributed by atoms with E-state index in [0.29, 0.717) is 22.8 Å². The molecule has 1 N–H and O–H groups in total. The molecule has 0 aliphatic heterocycles. The Morgan fingerprint density at radius 3 is 2.71 bits per heavy atom. The number of amides is 1. The lowest BCUT2D eigenvalue weighted by molar-refractivity contribution is -0.118. The van der Waals surface area contributed by atoms with Crippen LogP contribution in [0.4, 0.5) is 5.82 Å². The number of carbonyl (C=O) groups is 1. The van der Waals surface area contributed by atoms with E-state index in [1.165, 1.54) is 16.4 Å². The molecule has 4 aromatic rings. The van der Waals surface area contributed by atoms with Crippen molar-refractivity contribution in [1.82, 2.24) is 14.8 Å². The topological polar surface area (TPSA) is 102 Å². The lowest BCUT2D eigenvalue weighted by Gasteiger charge is -2.13. The summed E-state index contributed by atoms with van der Waals surface area (Å²) in [5.74, 6) is 1.50. The third-order valence-corrected chi connectivity index (χ3v) is 5.41. The molecule has 2 aromatic carbocycles. The lowest BCUT2D eigenvalue weighted by Crippen LogP contribution is -2.22.